The lowest BCUT2D eigenvalue weighted by Gasteiger charge is -2.34. The summed E-state index contributed by atoms with van der Waals surface area (Å²) >= 11 is 0. The van der Waals surface area contributed by atoms with Crippen molar-refractivity contribution < 1.29 is 28.6 Å². The Morgan fingerprint density at radius 3 is 2.50 bits per heavy atom. The normalized spacial score (nSPS) is 19.2. The minimum Gasteiger partial charge on any atom is -0.481 e. The van der Waals surface area contributed by atoms with Crippen LogP contribution in [0, 0.1) is 5.41 Å². The van der Waals surface area contributed by atoms with Crippen LogP contribution in [0.5, 0.6) is 5.88 Å². The molecule has 0 N–H and O–H groups in total. The first-order valence-corrected chi connectivity index (χ1v) is 9.15. The molecule has 0 fully saturated rings. The van der Waals surface area contributed by atoms with Crippen LogP contribution in [0.15, 0.2) is 24.3 Å². The van der Waals surface area contributed by atoms with Gasteiger partial charge in [-0.3, -0.25) is 14.4 Å². The molecule has 2 rings (SSSR count). The smallest absolute Gasteiger partial charge is 0.324 e. The van der Waals surface area contributed by atoms with Gasteiger partial charge in [0, 0.05) is 18.2 Å². The minimum atomic E-state index is -1.45. The van der Waals surface area contributed by atoms with Gasteiger partial charge >= 0.3 is 11.9 Å². The maximum atomic E-state index is 12.9. The van der Waals surface area contributed by atoms with Crippen LogP contribution in [0.4, 0.5) is 0 Å². The predicted octanol–water partition coefficient (Wildman–Crippen LogP) is 2.55. The van der Waals surface area contributed by atoms with E-state index in [2.05, 4.69) is 4.98 Å². The van der Waals surface area contributed by atoms with Gasteiger partial charge in [-0.05, 0) is 39.2 Å². The van der Waals surface area contributed by atoms with E-state index in [4.69, 9.17) is 14.2 Å². The fourth-order valence-electron chi connectivity index (χ4n) is 3.14. The van der Waals surface area contributed by atoms with E-state index in [1.165, 1.54) is 14.2 Å². The second-order valence-corrected chi connectivity index (χ2v) is 7.69. The van der Waals surface area contributed by atoms with Crippen LogP contribution in [-0.4, -0.2) is 43.5 Å². The molecule has 0 amide bonds. The fourth-order valence-corrected chi connectivity index (χ4v) is 3.14. The summed E-state index contributed by atoms with van der Waals surface area (Å²) in [5.74, 6) is -0.733. The molecule has 1 atom stereocenters. The van der Waals surface area contributed by atoms with E-state index in [-0.39, 0.29) is 31.2 Å². The van der Waals surface area contributed by atoms with Gasteiger partial charge in [-0.15, -0.1) is 0 Å². The van der Waals surface area contributed by atoms with Crippen molar-refractivity contribution in [3.63, 3.8) is 0 Å². The predicted molar refractivity (Wildman–Crippen MR) is 102 cm³/mol. The lowest BCUT2D eigenvalue weighted by Crippen LogP contribution is -2.47. The standard InChI is InChI=1S/C21H27NO6/c1-20(2,3)18(24)28-13-7-6-12-21(19(25)27-5)14-8-11-17(26-4)22-15(14)9-10-16(21)23/h6-8,11H,9-10,12-13H2,1-5H3/b7-6+. The van der Waals surface area contributed by atoms with Gasteiger partial charge in [-0.25, -0.2) is 4.98 Å². The lowest BCUT2D eigenvalue weighted by molar-refractivity contribution is -0.153. The highest BCUT2D eigenvalue weighted by molar-refractivity contribution is 6.11. The van der Waals surface area contributed by atoms with E-state index in [1.54, 1.807) is 45.1 Å². The van der Waals surface area contributed by atoms with Crippen molar-refractivity contribution in [1.29, 1.82) is 0 Å². The van der Waals surface area contributed by atoms with E-state index >= 15 is 0 Å². The first kappa shape index (κ1) is 21.6. The number of carbonyl (C=O) groups excluding carboxylic acids is 3. The van der Waals surface area contributed by atoms with Crippen LogP contribution < -0.4 is 4.74 Å². The third-order valence-corrected chi connectivity index (χ3v) is 4.73. The largest absolute Gasteiger partial charge is 0.481 e. The first-order chi connectivity index (χ1) is 13.2. The van der Waals surface area contributed by atoms with Crippen LogP contribution in [-0.2, 0) is 35.7 Å². The monoisotopic (exact) mass is 389 g/mol. The number of carbonyl (C=O) groups is 3. The number of allylic oxidation sites excluding steroid dienone is 1. The maximum Gasteiger partial charge on any atom is 0.324 e. The number of aromatic nitrogens is 1. The molecule has 1 heterocycles. The molecule has 0 aliphatic heterocycles. The highest BCUT2D eigenvalue weighted by Gasteiger charge is 2.50. The van der Waals surface area contributed by atoms with Gasteiger partial charge in [0.15, 0.2) is 11.2 Å². The average Bonchev–Trinajstić information content (AvgIpc) is 2.67. The summed E-state index contributed by atoms with van der Waals surface area (Å²) in [5, 5.41) is 0. The molecule has 1 aromatic heterocycles. The van der Waals surface area contributed by atoms with Crippen molar-refractivity contribution in [1.82, 2.24) is 4.98 Å². The zero-order valence-electron chi connectivity index (χ0n) is 17.0. The molecule has 152 valence electrons. The van der Waals surface area contributed by atoms with E-state index in [1.807, 2.05) is 0 Å². The molecule has 0 bridgehead atoms. The maximum absolute atomic E-state index is 12.9. The molecule has 0 spiro atoms. The Morgan fingerprint density at radius 1 is 1.18 bits per heavy atom. The zero-order valence-corrected chi connectivity index (χ0v) is 17.0. The number of fused-ring (bicyclic) bond motifs is 1. The summed E-state index contributed by atoms with van der Waals surface area (Å²) in [7, 11) is 2.77. The van der Waals surface area contributed by atoms with Crippen molar-refractivity contribution >= 4 is 17.7 Å². The second-order valence-electron chi connectivity index (χ2n) is 7.69. The lowest BCUT2D eigenvalue weighted by atomic mass is 9.68. The molecule has 28 heavy (non-hydrogen) atoms. The second kappa shape index (κ2) is 8.54. The molecule has 1 aliphatic rings. The van der Waals surface area contributed by atoms with Gasteiger partial charge in [-0.2, -0.15) is 0 Å². The topological polar surface area (TPSA) is 91.8 Å². The SMILES string of the molecule is COC(=O)C1(C/C=C/COC(=O)C(C)(C)C)C(=O)CCc2nc(OC)ccc21. The van der Waals surface area contributed by atoms with Crippen LogP contribution in [0.2, 0.25) is 0 Å². The fraction of sp³-hybridized carbons (Fsp3) is 0.524. The Morgan fingerprint density at radius 2 is 1.89 bits per heavy atom. The summed E-state index contributed by atoms with van der Waals surface area (Å²) in [6, 6.07) is 3.33. The number of ether oxygens (including phenoxy) is 3. The van der Waals surface area contributed by atoms with Crippen LogP contribution in [0.3, 0.4) is 0 Å². The molecule has 0 radical (unpaired) electrons. The van der Waals surface area contributed by atoms with Gasteiger partial charge < -0.3 is 14.2 Å². The molecule has 1 unspecified atom stereocenters. The Labute approximate surface area is 165 Å². The molecule has 7 heteroatoms. The van der Waals surface area contributed by atoms with Gasteiger partial charge in [0.1, 0.15) is 6.61 Å². The Kier molecular flexibility index (Phi) is 6.59. The van der Waals surface area contributed by atoms with Crippen LogP contribution in [0.25, 0.3) is 0 Å². The van der Waals surface area contributed by atoms with Crippen molar-refractivity contribution in [2.24, 2.45) is 5.41 Å². The number of nitrogens with zero attached hydrogens (tertiary/aromatic N) is 1. The highest BCUT2D eigenvalue weighted by Crippen LogP contribution is 2.39. The summed E-state index contributed by atoms with van der Waals surface area (Å²) in [6.45, 7) is 5.37. The summed E-state index contributed by atoms with van der Waals surface area (Å²) in [6.07, 6.45) is 4.04. The molecular weight excluding hydrogens is 362 g/mol. The van der Waals surface area contributed by atoms with Crippen LogP contribution in [0.1, 0.15) is 44.9 Å². The van der Waals surface area contributed by atoms with E-state index in [0.717, 1.165) is 0 Å². The molecular formula is C21H27NO6. The molecule has 0 saturated carbocycles. The number of rotatable bonds is 6. The molecule has 1 aromatic rings. The van der Waals surface area contributed by atoms with Gasteiger partial charge in [-0.1, -0.05) is 18.2 Å². The Bertz CT molecular complexity index is 793. The number of hydrogen-bond donors (Lipinski definition) is 0. The Balaban J connectivity index is 2.28. The quantitative estimate of drug-likeness (QED) is 0.419. The number of aryl methyl sites for hydroxylation is 1. The third-order valence-electron chi connectivity index (χ3n) is 4.73. The number of methoxy groups -OCH3 is 2. The molecule has 1 aliphatic carbocycles. The third kappa shape index (κ3) is 4.24. The van der Waals surface area contributed by atoms with Gasteiger partial charge in [0.2, 0.25) is 5.88 Å². The molecule has 0 saturated heterocycles. The van der Waals surface area contributed by atoms with E-state index < -0.39 is 16.8 Å². The van der Waals surface area contributed by atoms with E-state index in [9.17, 15) is 14.4 Å². The average molecular weight is 389 g/mol. The number of Topliss-reactive ketones (excluding diaryl/α,β-unsaturated/α-hetero) is 1. The van der Waals surface area contributed by atoms with Crippen LogP contribution >= 0.6 is 0 Å². The number of pyridine rings is 1. The highest BCUT2D eigenvalue weighted by atomic mass is 16.5. The number of hydrogen-bond acceptors (Lipinski definition) is 7. The number of esters is 2. The van der Waals surface area contributed by atoms with Crippen molar-refractivity contribution in [3.8, 4) is 5.88 Å². The van der Waals surface area contributed by atoms with E-state index in [0.29, 0.717) is 23.6 Å². The molecule has 7 nitrogen and oxygen atoms in total. The summed E-state index contributed by atoms with van der Waals surface area (Å²) < 4.78 is 15.3. The minimum absolute atomic E-state index is 0.0647. The van der Waals surface area contributed by atoms with Gasteiger partial charge in [0.05, 0.1) is 19.6 Å². The molecule has 0 aromatic carbocycles. The van der Waals surface area contributed by atoms with Gasteiger partial charge in [0.25, 0.3) is 0 Å². The summed E-state index contributed by atoms with van der Waals surface area (Å²) in [5.41, 5.74) is -0.861. The first-order valence-electron chi connectivity index (χ1n) is 9.15. The van der Waals surface area contributed by atoms with Crippen molar-refractivity contribution in [2.75, 3.05) is 20.8 Å². The van der Waals surface area contributed by atoms with Crippen molar-refractivity contribution in [2.45, 2.75) is 45.4 Å². The zero-order chi connectivity index (χ0) is 20.9. The van der Waals surface area contributed by atoms with Crippen molar-refractivity contribution in [3.05, 3.63) is 35.5 Å². The summed E-state index contributed by atoms with van der Waals surface area (Å²) in [4.78, 5) is 41.8. The number of ketones is 1. The Hall–Kier alpha value is -2.70.